The first kappa shape index (κ1) is 14.3. The van der Waals surface area contributed by atoms with E-state index in [9.17, 15) is 0 Å². The fraction of sp³-hybridized carbons (Fsp3) is 0.571. The first-order valence-electron chi connectivity index (χ1n) is 6.48. The summed E-state index contributed by atoms with van der Waals surface area (Å²) in [5, 5.41) is 4.33. The van der Waals surface area contributed by atoms with Crippen molar-refractivity contribution < 1.29 is 4.74 Å². The van der Waals surface area contributed by atoms with Crippen LogP contribution in [-0.2, 0) is 4.74 Å². The van der Waals surface area contributed by atoms with Crippen LogP contribution in [0.25, 0.3) is 0 Å². The van der Waals surface area contributed by atoms with Crippen LogP contribution < -0.4 is 5.32 Å². The predicted molar refractivity (Wildman–Crippen MR) is 79.1 cm³/mol. The maximum absolute atomic E-state index is 6.06. The van der Waals surface area contributed by atoms with Gasteiger partial charge in [-0.05, 0) is 53.0 Å². The summed E-state index contributed by atoms with van der Waals surface area (Å²) in [6.07, 6.45) is 2.37. The molecule has 4 heteroatoms. The highest BCUT2D eigenvalue weighted by Crippen LogP contribution is 2.32. The van der Waals surface area contributed by atoms with E-state index in [-0.39, 0.29) is 0 Å². The lowest BCUT2D eigenvalue weighted by Gasteiger charge is -2.31. The van der Waals surface area contributed by atoms with E-state index in [1.807, 2.05) is 6.07 Å². The van der Waals surface area contributed by atoms with Crippen LogP contribution in [0.2, 0.25) is 5.02 Å². The lowest BCUT2D eigenvalue weighted by molar-refractivity contribution is 0.0393. The fourth-order valence-electron chi connectivity index (χ4n) is 2.51. The average Bonchev–Trinajstić information content (AvgIpc) is 2.40. The summed E-state index contributed by atoms with van der Waals surface area (Å²) in [5.74, 6) is 0.548. The Bertz CT molecular complexity index is 393. The van der Waals surface area contributed by atoms with Gasteiger partial charge >= 0.3 is 0 Å². The minimum absolute atomic E-state index is 0.351. The Hall–Kier alpha value is -0.0900. The van der Waals surface area contributed by atoms with Crippen molar-refractivity contribution in [2.45, 2.75) is 25.8 Å². The Morgan fingerprint density at radius 3 is 3.00 bits per heavy atom. The molecule has 18 heavy (non-hydrogen) atoms. The summed E-state index contributed by atoms with van der Waals surface area (Å²) in [6, 6.07) is 6.53. The Labute approximate surface area is 122 Å². The van der Waals surface area contributed by atoms with Crippen molar-refractivity contribution in [3.8, 4) is 0 Å². The first-order valence-corrected chi connectivity index (χ1v) is 7.65. The number of benzene rings is 1. The van der Waals surface area contributed by atoms with Gasteiger partial charge in [0.1, 0.15) is 0 Å². The number of hydrogen-bond acceptors (Lipinski definition) is 2. The minimum atomic E-state index is 0.351. The topological polar surface area (TPSA) is 21.3 Å². The third-order valence-electron chi connectivity index (χ3n) is 3.39. The van der Waals surface area contributed by atoms with Crippen LogP contribution in [-0.4, -0.2) is 19.8 Å². The quantitative estimate of drug-likeness (QED) is 0.893. The van der Waals surface area contributed by atoms with Crippen LogP contribution in [0.15, 0.2) is 22.7 Å². The van der Waals surface area contributed by atoms with Crippen LogP contribution in [0, 0.1) is 5.92 Å². The second kappa shape index (κ2) is 6.90. The van der Waals surface area contributed by atoms with Crippen molar-refractivity contribution in [2.75, 3.05) is 19.8 Å². The molecule has 0 bridgehead atoms. The van der Waals surface area contributed by atoms with Crippen molar-refractivity contribution in [3.05, 3.63) is 33.3 Å². The summed E-state index contributed by atoms with van der Waals surface area (Å²) in [6.45, 7) is 4.85. The molecule has 0 aliphatic carbocycles. The van der Waals surface area contributed by atoms with E-state index in [0.717, 1.165) is 35.7 Å². The SMILES string of the molecule is CCNC(c1ccc(Cl)c(Br)c1)C1CCCOC1. The lowest BCUT2D eigenvalue weighted by atomic mass is 9.88. The summed E-state index contributed by atoms with van der Waals surface area (Å²) in [7, 11) is 0. The molecule has 1 aromatic rings. The van der Waals surface area contributed by atoms with Gasteiger partial charge in [-0.3, -0.25) is 0 Å². The van der Waals surface area contributed by atoms with Gasteiger partial charge in [0.05, 0.1) is 11.6 Å². The molecular formula is C14H19BrClNO. The van der Waals surface area contributed by atoms with Gasteiger partial charge in [0.25, 0.3) is 0 Å². The molecule has 1 fully saturated rings. The Morgan fingerprint density at radius 2 is 2.39 bits per heavy atom. The van der Waals surface area contributed by atoms with Crippen molar-refractivity contribution in [1.29, 1.82) is 0 Å². The van der Waals surface area contributed by atoms with E-state index in [2.05, 4.69) is 40.3 Å². The lowest BCUT2D eigenvalue weighted by Crippen LogP contribution is -2.33. The second-order valence-corrected chi connectivity index (χ2v) is 5.95. The molecule has 1 aromatic carbocycles. The molecule has 0 saturated carbocycles. The maximum atomic E-state index is 6.06. The van der Waals surface area contributed by atoms with E-state index < -0.39 is 0 Å². The van der Waals surface area contributed by atoms with Gasteiger partial charge < -0.3 is 10.1 Å². The van der Waals surface area contributed by atoms with Gasteiger partial charge in [0, 0.05) is 23.0 Å². The van der Waals surface area contributed by atoms with Crippen LogP contribution >= 0.6 is 27.5 Å². The smallest absolute Gasteiger partial charge is 0.0548 e. The molecule has 1 saturated heterocycles. The number of ether oxygens (including phenoxy) is 1. The molecule has 2 atom stereocenters. The summed E-state index contributed by atoms with van der Waals surface area (Å²) < 4.78 is 6.57. The molecular weight excluding hydrogens is 314 g/mol. The van der Waals surface area contributed by atoms with Gasteiger partial charge in [-0.25, -0.2) is 0 Å². The predicted octanol–water partition coefficient (Wildman–Crippen LogP) is 4.18. The zero-order chi connectivity index (χ0) is 13.0. The summed E-state index contributed by atoms with van der Waals surface area (Å²) in [5.41, 5.74) is 1.28. The number of rotatable bonds is 4. The summed E-state index contributed by atoms with van der Waals surface area (Å²) >= 11 is 9.55. The molecule has 1 aliphatic rings. The molecule has 1 N–H and O–H groups in total. The largest absolute Gasteiger partial charge is 0.381 e. The van der Waals surface area contributed by atoms with Crippen molar-refractivity contribution in [3.63, 3.8) is 0 Å². The van der Waals surface area contributed by atoms with Crippen LogP contribution in [0.1, 0.15) is 31.4 Å². The number of nitrogens with one attached hydrogen (secondary N) is 1. The Kier molecular flexibility index (Phi) is 5.49. The highest BCUT2D eigenvalue weighted by molar-refractivity contribution is 9.10. The van der Waals surface area contributed by atoms with E-state index >= 15 is 0 Å². The fourth-order valence-corrected chi connectivity index (χ4v) is 3.02. The maximum Gasteiger partial charge on any atom is 0.0548 e. The molecule has 2 unspecified atom stereocenters. The molecule has 1 aliphatic heterocycles. The van der Waals surface area contributed by atoms with E-state index in [1.165, 1.54) is 12.0 Å². The standard InChI is InChI=1S/C14H19BrClNO/c1-2-17-14(11-4-3-7-18-9-11)10-5-6-13(16)12(15)8-10/h5-6,8,11,14,17H,2-4,7,9H2,1H3. The van der Waals surface area contributed by atoms with Crippen molar-refractivity contribution >= 4 is 27.5 Å². The van der Waals surface area contributed by atoms with Crippen molar-refractivity contribution in [2.24, 2.45) is 5.92 Å². The molecule has 100 valence electrons. The molecule has 2 rings (SSSR count). The summed E-state index contributed by atoms with van der Waals surface area (Å²) in [4.78, 5) is 0. The van der Waals surface area contributed by atoms with Gasteiger partial charge in [-0.1, -0.05) is 24.6 Å². The molecule has 0 radical (unpaired) electrons. The monoisotopic (exact) mass is 331 g/mol. The third-order valence-corrected chi connectivity index (χ3v) is 4.61. The van der Waals surface area contributed by atoms with E-state index in [4.69, 9.17) is 16.3 Å². The Balaban J connectivity index is 2.19. The van der Waals surface area contributed by atoms with Crippen LogP contribution in [0.4, 0.5) is 0 Å². The first-order chi connectivity index (χ1) is 8.72. The van der Waals surface area contributed by atoms with Gasteiger partial charge in [-0.15, -0.1) is 0 Å². The minimum Gasteiger partial charge on any atom is -0.381 e. The Morgan fingerprint density at radius 1 is 1.56 bits per heavy atom. The van der Waals surface area contributed by atoms with Crippen molar-refractivity contribution in [1.82, 2.24) is 5.32 Å². The zero-order valence-corrected chi connectivity index (χ0v) is 12.9. The normalized spacial score (nSPS) is 21.8. The zero-order valence-electron chi connectivity index (χ0n) is 10.6. The molecule has 0 spiro atoms. The molecule has 2 nitrogen and oxygen atoms in total. The molecule has 0 aromatic heterocycles. The van der Waals surface area contributed by atoms with E-state index in [0.29, 0.717) is 12.0 Å². The number of halogens is 2. The van der Waals surface area contributed by atoms with Gasteiger partial charge in [-0.2, -0.15) is 0 Å². The number of hydrogen-bond donors (Lipinski definition) is 1. The molecule has 0 amide bonds. The second-order valence-electron chi connectivity index (χ2n) is 4.69. The van der Waals surface area contributed by atoms with Gasteiger partial charge in [0.15, 0.2) is 0 Å². The van der Waals surface area contributed by atoms with Gasteiger partial charge in [0.2, 0.25) is 0 Å². The third kappa shape index (κ3) is 3.47. The van der Waals surface area contributed by atoms with E-state index in [1.54, 1.807) is 0 Å². The average molecular weight is 333 g/mol. The molecule has 1 heterocycles. The highest BCUT2D eigenvalue weighted by Gasteiger charge is 2.25. The van der Waals surface area contributed by atoms with Crippen LogP contribution in [0.3, 0.4) is 0 Å². The van der Waals surface area contributed by atoms with Crippen LogP contribution in [0.5, 0.6) is 0 Å². The highest BCUT2D eigenvalue weighted by atomic mass is 79.9.